The Hall–Kier alpha value is -0.890. The zero-order chi connectivity index (χ0) is 12.3. The quantitative estimate of drug-likeness (QED) is 0.717. The number of allylic oxidation sites excluding steroid dienone is 3. The van der Waals surface area contributed by atoms with Crippen molar-refractivity contribution in [2.45, 2.75) is 51.6 Å². The predicted octanol–water partition coefficient (Wildman–Crippen LogP) is 3.02. The number of rotatable bonds is 6. The van der Waals surface area contributed by atoms with Gasteiger partial charge in [-0.1, -0.05) is 44.4 Å². The molecule has 2 aliphatic carbocycles. The first-order chi connectivity index (χ1) is 8.22. The highest BCUT2D eigenvalue weighted by atomic mass is 16.3. The van der Waals surface area contributed by atoms with E-state index in [0.29, 0.717) is 11.7 Å². The Morgan fingerprint density at radius 2 is 2.35 bits per heavy atom. The SMILES string of the molecule is CCCCC[C@@H](O)/C=C/C1=CC[C@@H]2CC(=O)[C@H]12. The molecule has 0 amide bonds. The standard InChI is InChI=1S/C15H22O2/c1-2-3-4-5-13(16)9-8-11-6-7-12-10-14(17)15(11)12/h6,8-9,12-13,15-16H,2-5,7,10H2,1H3/b9-8+/t12-,13-,15-/m1/s1. The lowest BCUT2D eigenvalue weighted by Gasteiger charge is -2.30. The number of ketones is 1. The van der Waals surface area contributed by atoms with Gasteiger partial charge in [-0.25, -0.2) is 0 Å². The second-order valence-electron chi connectivity index (χ2n) is 5.27. The molecule has 1 saturated carbocycles. The molecule has 0 radical (unpaired) electrons. The zero-order valence-electron chi connectivity index (χ0n) is 10.6. The summed E-state index contributed by atoms with van der Waals surface area (Å²) in [6.45, 7) is 2.16. The maximum Gasteiger partial charge on any atom is 0.140 e. The highest BCUT2D eigenvalue weighted by Crippen LogP contribution is 2.44. The molecule has 0 aliphatic heterocycles. The van der Waals surface area contributed by atoms with Crippen molar-refractivity contribution >= 4 is 5.78 Å². The number of aliphatic hydroxyl groups excluding tert-OH is 1. The molecule has 0 saturated heterocycles. The van der Waals surface area contributed by atoms with Gasteiger partial charge in [-0.2, -0.15) is 0 Å². The lowest BCUT2D eigenvalue weighted by molar-refractivity contribution is -0.131. The molecule has 0 aromatic rings. The van der Waals surface area contributed by atoms with Gasteiger partial charge in [0.2, 0.25) is 0 Å². The molecule has 3 atom stereocenters. The summed E-state index contributed by atoms with van der Waals surface area (Å²) in [5, 5.41) is 9.77. The normalized spacial score (nSPS) is 29.1. The fraction of sp³-hybridized carbons (Fsp3) is 0.667. The predicted molar refractivity (Wildman–Crippen MR) is 68.6 cm³/mol. The number of carbonyl (C=O) groups is 1. The van der Waals surface area contributed by atoms with Crippen LogP contribution in [-0.2, 0) is 4.79 Å². The minimum Gasteiger partial charge on any atom is -0.389 e. The summed E-state index contributed by atoms with van der Waals surface area (Å²) in [5.74, 6) is 1.11. The molecule has 1 fully saturated rings. The average molecular weight is 234 g/mol. The Balaban J connectivity index is 1.78. The van der Waals surface area contributed by atoms with E-state index in [2.05, 4.69) is 13.0 Å². The minimum absolute atomic E-state index is 0.161. The minimum atomic E-state index is -0.350. The third kappa shape index (κ3) is 2.86. The molecule has 2 heteroatoms. The van der Waals surface area contributed by atoms with Crippen molar-refractivity contribution in [1.82, 2.24) is 0 Å². The first-order valence-electron chi connectivity index (χ1n) is 6.81. The van der Waals surface area contributed by atoms with Crippen LogP contribution in [0, 0.1) is 11.8 Å². The molecule has 2 nitrogen and oxygen atoms in total. The van der Waals surface area contributed by atoms with E-state index in [1.54, 1.807) is 0 Å². The summed E-state index contributed by atoms with van der Waals surface area (Å²) < 4.78 is 0. The molecule has 0 unspecified atom stereocenters. The van der Waals surface area contributed by atoms with E-state index in [4.69, 9.17) is 0 Å². The summed E-state index contributed by atoms with van der Waals surface area (Å²) in [4.78, 5) is 11.4. The van der Waals surface area contributed by atoms with Gasteiger partial charge in [-0.05, 0) is 24.3 Å². The first-order valence-corrected chi connectivity index (χ1v) is 6.81. The number of hydrogen-bond acceptors (Lipinski definition) is 2. The molecule has 0 aromatic carbocycles. The van der Waals surface area contributed by atoms with Crippen molar-refractivity contribution in [3.63, 3.8) is 0 Å². The van der Waals surface area contributed by atoms with Crippen LogP contribution in [0.5, 0.6) is 0 Å². The maximum atomic E-state index is 11.4. The summed E-state index contributed by atoms with van der Waals surface area (Å²) >= 11 is 0. The molecule has 2 rings (SSSR count). The smallest absolute Gasteiger partial charge is 0.140 e. The monoisotopic (exact) mass is 234 g/mol. The Kier molecular flexibility index (Phi) is 4.16. The van der Waals surface area contributed by atoms with E-state index >= 15 is 0 Å². The maximum absolute atomic E-state index is 11.4. The molecule has 0 heterocycles. The fourth-order valence-corrected chi connectivity index (χ4v) is 2.79. The number of fused-ring (bicyclic) bond motifs is 1. The summed E-state index contributed by atoms with van der Waals surface area (Å²) in [7, 11) is 0. The largest absolute Gasteiger partial charge is 0.389 e. The van der Waals surface area contributed by atoms with Crippen molar-refractivity contribution in [3.05, 3.63) is 23.8 Å². The lowest BCUT2D eigenvalue weighted by atomic mass is 9.72. The average Bonchev–Trinajstić information content (AvgIpc) is 2.63. The van der Waals surface area contributed by atoms with Crippen LogP contribution in [0.2, 0.25) is 0 Å². The van der Waals surface area contributed by atoms with E-state index in [0.717, 1.165) is 31.3 Å². The first kappa shape index (κ1) is 12.6. The zero-order valence-corrected chi connectivity index (χ0v) is 10.6. The topological polar surface area (TPSA) is 37.3 Å². The fourth-order valence-electron chi connectivity index (χ4n) is 2.79. The van der Waals surface area contributed by atoms with Gasteiger partial charge in [0, 0.05) is 12.3 Å². The number of hydrogen-bond donors (Lipinski definition) is 1. The summed E-state index contributed by atoms with van der Waals surface area (Å²) in [6, 6.07) is 0. The van der Waals surface area contributed by atoms with Crippen LogP contribution in [0.1, 0.15) is 45.4 Å². The third-order valence-electron chi connectivity index (χ3n) is 3.91. The van der Waals surface area contributed by atoms with Crippen LogP contribution >= 0.6 is 0 Å². The Morgan fingerprint density at radius 1 is 1.53 bits per heavy atom. The molecule has 94 valence electrons. The molecule has 0 bridgehead atoms. The summed E-state index contributed by atoms with van der Waals surface area (Å²) in [6.07, 6.45) is 11.7. The third-order valence-corrected chi connectivity index (χ3v) is 3.91. The van der Waals surface area contributed by atoms with Gasteiger partial charge in [0.15, 0.2) is 0 Å². The van der Waals surface area contributed by atoms with E-state index in [-0.39, 0.29) is 12.0 Å². The Labute approximate surface area is 103 Å². The molecule has 17 heavy (non-hydrogen) atoms. The molecule has 0 spiro atoms. The molecular weight excluding hydrogens is 212 g/mol. The van der Waals surface area contributed by atoms with Crippen molar-refractivity contribution in [3.8, 4) is 0 Å². The van der Waals surface area contributed by atoms with Crippen LogP contribution in [-0.4, -0.2) is 17.0 Å². The van der Waals surface area contributed by atoms with Gasteiger partial charge in [-0.15, -0.1) is 0 Å². The number of carbonyl (C=O) groups excluding carboxylic acids is 1. The number of aliphatic hydroxyl groups is 1. The molecule has 0 aromatic heterocycles. The van der Waals surface area contributed by atoms with Gasteiger partial charge in [0.1, 0.15) is 5.78 Å². The van der Waals surface area contributed by atoms with E-state index < -0.39 is 0 Å². The Bertz CT molecular complexity index is 341. The van der Waals surface area contributed by atoms with Crippen LogP contribution in [0.4, 0.5) is 0 Å². The molecule has 2 aliphatic rings. The van der Waals surface area contributed by atoms with Crippen LogP contribution in [0.25, 0.3) is 0 Å². The van der Waals surface area contributed by atoms with E-state index in [9.17, 15) is 9.90 Å². The van der Waals surface area contributed by atoms with Crippen molar-refractivity contribution in [1.29, 1.82) is 0 Å². The Morgan fingerprint density at radius 3 is 3.06 bits per heavy atom. The van der Waals surface area contributed by atoms with Gasteiger partial charge in [0.05, 0.1) is 6.10 Å². The van der Waals surface area contributed by atoms with Gasteiger partial charge in [-0.3, -0.25) is 4.79 Å². The van der Waals surface area contributed by atoms with Crippen molar-refractivity contribution in [2.75, 3.05) is 0 Å². The van der Waals surface area contributed by atoms with E-state index in [1.165, 1.54) is 12.8 Å². The van der Waals surface area contributed by atoms with Crippen LogP contribution in [0.3, 0.4) is 0 Å². The lowest BCUT2D eigenvalue weighted by Crippen LogP contribution is -2.34. The van der Waals surface area contributed by atoms with E-state index in [1.807, 2.05) is 12.2 Å². The second-order valence-corrected chi connectivity index (χ2v) is 5.27. The van der Waals surface area contributed by atoms with Crippen molar-refractivity contribution < 1.29 is 9.90 Å². The second kappa shape index (κ2) is 5.63. The van der Waals surface area contributed by atoms with Gasteiger partial charge < -0.3 is 5.11 Å². The van der Waals surface area contributed by atoms with Gasteiger partial charge in [0.25, 0.3) is 0 Å². The molecular formula is C15H22O2. The highest BCUT2D eigenvalue weighted by molar-refractivity contribution is 5.91. The molecule has 1 N–H and O–H groups in total. The van der Waals surface area contributed by atoms with Crippen LogP contribution in [0.15, 0.2) is 23.8 Å². The highest BCUT2D eigenvalue weighted by Gasteiger charge is 2.43. The number of unbranched alkanes of at least 4 members (excludes halogenated alkanes) is 2. The van der Waals surface area contributed by atoms with Crippen LogP contribution < -0.4 is 0 Å². The van der Waals surface area contributed by atoms with Crippen molar-refractivity contribution in [2.24, 2.45) is 11.8 Å². The summed E-state index contributed by atoms with van der Waals surface area (Å²) in [5.41, 5.74) is 1.14. The number of Topliss-reactive ketones (excluding diaryl/α,β-unsaturated/α-hetero) is 1. The van der Waals surface area contributed by atoms with Gasteiger partial charge >= 0.3 is 0 Å².